The largest absolute Gasteiger partial charge is 0.366 e. The second-order valence-corrected chi connectivity index (χ2v) is 8.59. The molecule has 1 fully saturated rings. The van der Waals surface area contributed by atoms with Crippen molar-refractivity contribution in [3.63, 3.8) is 0 Å². The number of halogens is 1. The molecule has 3 N–H and O–H groups in total. The number of anilines is 1. The number of nitrogens with one attached hydrogen (secondary N) is 1. The zero-order valence-electron chi connectivity index (χ0n) is 16.1. The summed E-state index contributed by atoms with van der Waals surface area (Å²) in [6.07, 6.45) is 3.25. The molecule has 1 aliphatic heterocycles. The van der Waals surface area contributed by atoms with Crippen LogP contribution >= 0.6 is 11.6 Å². The van der Waals surface area contributed by atoms with Gasteiger partial charge in [0.2, 0.25) is 0 Å². The van der Waals surface area contributed by atoms with Gasteiger partial charge in [-0.1, -0.05) is 17.7 Å². The Labute approximate surface area is 160 Å². The Morgan fingerprint density at radius 3 is 2.46 bits per heavy atom. The van der Waals surface area contributed by atoms with Gasteiger partial charge in [-0.25, -0.2) is 0 Å². The maximum Gasteiger partial charge on any atom is 0.267 e. The molecule has 26 heavy (non-hydrogen) atoms. The standard InChI is InChI=1S/C20H27ClN4O/c1-13-16(21)7-6-8-17(13)24-18(26)14(11-22)12-25-19(2,3)9-15(23)10-20(25,4)5/h6-8,12,15H,9-10,23H2,1-5H3,(H,24,26)/b14-12-. The lowest BCUT2D eigenvalue weighted by molar-refractivity contribution is -0.112. The summed E-state index contributed by atoms with van der Waals surface area (Å²) in [5.74, 6) is -0.445. The van der Waals surface area contributed by atoms with Gasteiger partial charge in [0.1, 0.15) is 11.6 Å². The second-order valence-electron chi connectivity index (χ2n) is 8.18. The molecule has 1 aliphatic rings. The minimum absolute atomic E-state index is 0.0565. The maximum atomic E-state index is 12.7. The van der Waals surface area contributed by atoms with Crippen LogP contribution in [-0.4, -0.2) is 27.9 Å². The van der Waals surface area contributed by atoms with Crippen LogP contribution in [-0.2, 0) is 4.79 Å². The van der Waals surface area contributed by atoms with E-state index in [9.17, 15) is 10.1 Å². The van der Waals surface area contributed by atoms with E-state index in [1.54, 1.807) is 24.4 Å². The Morgan fingerprint density at radius 2 is 1.92 bits per heavy atom. The van der Waals surface area contributed by atoms with Crippen LogP contribution in [0, 0.1) is 18.3 Å². The molecule has 2 rings (SSSR count). The summed E-state index contributed by atoms with van der Waals surface area (Å²) in [5, 5.41) is 12.9. The smallest absolute Gasteiger partial charge is 0.267 e. The van der Waals surface area contributed by atoms with Crippen LogP contribution in [0.25, 0.3) is 0 Å². The van der Waals surface area contributed by atoms with E-state index in [0.29, 0.717) is 10.7 Å². The van der Waals surface area contributed by atoms with Crippen molar-refractivity contribution in [2.45, 2.75) is 64.6 Å². The molecule has 1 saturated heterocycles. The second kappa shape index (κ2) is 7.30. The van der Waals surface area contributed by atoms with Gasteiger partial charge in [-0.05, 0) is 65.2 Å². The molecule has 0 bridgehead atoms. The number of piperidine rings is 1. The molecule has 0 saturated carbocycles. The summed E-state index contributed by atoms with van der Waals surface area (Å²) in [4.78, 5) is 14.8. The van der Waals surface area contributed by atoms with Crippen molar-refractivity contribution in [2.24, 2.45) is 5.73 Å². The summed E-state index contributed by atoms with van der Waals surface area (Å²) >= 11 is 6.10. The molecule has 140 valence electrons. The van der Waals surface area contributed by atoms with E-state index in [-0.39, 0.29) is 22.7 Å². The third kappa shape index (κ3) is 4.20. The molecule has 5 nitrogen and oxygen atoms in total. The highest BCUT2D eigenvalue weighted by Gasteiger charge is 2.43. The van der Waals surface area contributed by atoms with Crippen molar-refractivity contribution in [2.75, 3.05) is 5.32 Å². The van der Waals surface area contributed by atoms with Crippen molar-refractivity contribution in [3.8, 4) is 6.07 Å². The Kier molecular flexibility index (Phi) is 5.70. The van der Waals surface area contributed by atoms with Crippen LogP contribution in [0.5, 0.6) is 0 Å². The topological polar surface area (TPSA) is 82.2 Å². The minimum Gasteiger partial charge on any atom is -0.366 e. The van der Waals surface area contributed by atoms with E-state index in [4.69, 9.17) is 17.3 Å². The van der Waals surface area contributed by atoms with Gasteiger partial charge in [0, 0.05) is 34.0 Å². The zero-order valence-corrected chi connectivity index (χ0v) is 16.8. The Bertz CT molecular complexity index is 759. The van der Waals surface area contributed by atoms with Gasteiger partial charge in [-0.2, -0.15) is 5.26 Å². The Hall–Kier alpha value is -2.03. The summed E-state index contributed by atoms with van der Waals surface area (Å²) in [6.45, 7) is 10.2. The van der Waals surface area contributed by atoms with E-state index in [1.807, 2.05) is 13.0 Å². The van der Waals surface area contributed by atoms with Crippen LogP contribution in [0.15, 0.2) is 30.0 Å². The number of amides is 1. The van der Waals surface area contributed by atoms with E-state index < -0.39 is 5.91 Å². The highest BCUT2D eigenvalue weighted by Crippen LogP contribution is 2.38. The summed E-state index contributed by atoms with van der Waals surface area (Å²) in [5.41, 5.74) is 7.12. The third-order valence-corrected chi connectivity index (χ3v) is 5.38. The SMILES string of the molecule is Cc1c(Cl)cccc1NC(=O)/C(C#N)=C\N1C(C)(C)CC(N)CC1(C)C. The number of nitrogens with zero attached hydrogens (tertiary/aromatic N) is 2. The lowest BCUT2D eigenvalue weighted by Crippen LogP contribution is -2.61. The van der Waals surface area contributed by atoms with Crippen LogP contribution in [0.3, 0.4) is 0 Å². The average Bonchev–Trinajstić information content (AvgIpc) is 2.49. The molecule has 0 radical (unpaired) electrons. The fourth-order valence-corrected chi connectivity index (χ4v) is 4.10. The molecule has 6 heteroatoms. The normalized spacial score (nSPS) is 19.8. The summed E-state index contributed by atoms with van der Waals surface area (Å²) < 4.78 is 0. The third-order valence-electron chi connectivity index (χ3n) is 4.97. The molecule has 0 atom stereocenters. The number of nitriles is 1. The molecule has 0 aliphatic carbocycles. The van der Waals surface area contributed by atoms with Gasteiger partial charge in [-0.15, -0.1) is 0 Å². The van der Waals surface area contributed by atoms with Crippen molar-refractivity contribution >= 4 is 23.2 Å². The monoisotopic (exact) mass is 374 g/mol. The number of nitrogens with two attached hydrogens (primary N) is 1. The Balaban J connectivity index is 2.33. The molecular weight excluding hydrogens is 348 g/mol. The molecular formula is C20H27ClN4O. The fourth-order valence-electron chi connectivity index (χ4n) is 3.92. The first-order valence-corrected chi connectivity index (χ1v) is 9.09. The molecule has 1 aromatic carbocycles. The average molecular weight is 375 g/mol. The van der Waals surface area contributed by atoms with E-state index >= 15 is 0 Å². The minimum atomic E-state index is -0.445. The van der Waals surface area contributed by atoms with Gasteiger partial charge in [0.15, 0.2) is 0 Å². The molecule has 0 unspecified atom stereocenters. The van der Waals surface area contributed by atoms with E-state index in [0.717, 1.165) is 18.4 Å². The summed E-state index contributed by atoms with van der Waals surface area (Å²) in [7, 11) is 0. The van der Waals surface area contributed by atoms with E-state index in [2.05, 4.69) is 37.9 Å². The lowest BCUT2D eigenvalue weighted by atomic mass is 9.77. The number of likely N-dealkylation sites (tertiary alicyclic amines) is 1. The summed E-state index contributed by atoms with van der Waals surface area (Å²) in [6, 6.07) is 7.42. The number of carbonyl (C=O) groups excluding carboxylic acids is 1. The van der Waals surface area contributed by atoms with Crippen LogP contribution in [0.2, 0.25) is 5.02 Å². The molecule has 1 amide bonds. The highest BCUT2D eigenvalue weighted by atomic mass is 35.5. The van der Waals surface area contributed by atoms with Gasteiger partial charge in [0.05, 0.1) is 0 Å². The highest BCUT2D eigenvalue weighted by molar-refractivity contribution is 6.31. The van der Waals surface area contributed by atoms with Crippen molar-refractivity contribution < 1.29 is 4.79 Å². The number of benzene rings is 1. The van der Waals surface area contributed by atoms with Gasteiger partial charge < -0.3 is 16.0 Å². The molecule has 1 heterocycles. The van der Waals surface area contributed by atoms with Crippen LogP contribution in [0.4, 0.5) is 5.69 Å². The number of hydrogen-bond acceptors (Lipinski definition) is 4. The predicted octanol–water partition coefficient (Wildman–Crippen LogP) is 3.97. The van der Waals surface area contributed by atoms with Crippen molar-refractivity contribution in [1.29, 1.82) is 5.26 Å². The van der Waals surface area contributed by atoms with Gasteiger partial charge in [-0.3, -0.25) is 4.79 Å². The molecule has 0 spiro atoms. The Morgan fingerprint density at radius 1 is 1.35 bits per heavy atom. The number of carbonyl (C=O) groups is 1. The van der Waals surface area contributed by atoms with Crippen molar-refractivity contribution in [1.82, 2.24) is 4.90 Å². The van der Waals surface area contributed by atoms with Gasteiger partial charge in [0.25, 0.3) is 5.91 Å². The van der Waals surface area contributed by atoms with E-state index in [1.165, 1.54) is 0 Å². The predicted molar refractivity (Wildman–Crippen MR) is 106 cm³/mol. The molecule has 0 aromatic heterocycles. The zero-order chi connectivity index (χ0) is 19.7. The lowest BCUT2D eigenvalue weighted by Gasteiger charge is -2.54. The van der Waals surface area contributed by atoms with Crippen LogP contribution < -0.4 is 11.1 Å². The van der Waals surface area contributed by atoms with Crippen molar-refractivity contribution in [3.05, 3.63) is 40.6 Å². The first kappa shape index (κ1) is 20.3. The van der Waals surface area contributed by atoms with Gasteiger partial charge >= 0.3 is 0 Å². The maximum absolute atomic E-state index is 12.7. The first-order chi connectivity index (χ1) is 12.0. The quantitative estimate of drug-likeness (QED) is 0.619. The molecule has 1 aromatic rings. The fraction of sp³-hybridized carbons (Fsp3) is 0.500. The number of hydrogen-bond donors (Lipinski definition) is 2. The first-order valence-electron chi connectivity index (χ1n) is 8.71. The van der Waals surface area contributed by atoms with Crippen LogP contribution in [0.1, 0.15) is 46.1 Å². The number of rotatable bonds is 3.